The van der Waals surface area contributed by atoms with Gasteiger partial charge in [-0.25, -0.2) is 0 Å². The summed E-state index contributed by atoms with van der Waals surface area (Å²) >= 11 is 0. The average molecular weight is 162 g/mol. The van der Waals surface area contributed by atoms with E-state index in [2.05, 4.69) is 11.1 Å². The van der Waals surface area contributed by atoms with Gasteiger partial charge in [-0.2, -0.15) is 0 Å². The van der Waals surface area contributed by atoms with Crippen LogP contribution in [0.15, 0.2) is 29.3 Å². The molecule has 1 heterocycles. The van der Waals surface area contributed by atoms with Crippen LogP contribution in [0.25, 0.3) is 0 Å². The molecule has 0 aromatic heterocycles. The van der Waals surface area contributed by atoms with Gasteiger partial charge in [-0.15, -0.1) is 0 Å². The largest absolute Gasteiger partial charge is 0.383 e. The van der Waals surface area contributed by atoms with Crippen LogP contribution in [0.2, 0.25) is 0 Å². The lowest BCUT2D eigenvalue weighted by Crippen LogP contribution is -2.09. The molecule has 0 unspecified atom stereocenters. The Bertz CT molecular complexity index is 290. The maximum Gasteiger partial charge on any atom is 0.126 e. The Kier molecular flexibility index (Phi) is 2.86. The molecule has 0 saturated heterocycles. The van der Waals surface area contributed by atoms with Crippen molar-refractivity contribution in [2.24, 2.45) is 10.7 Å². The van der Waals surface area contributed by atoms with Gasteiger partial charge in [0.2, 0.25) is 0 Å². The van der Waals surface area contributed by atoms with E-state index in [9.17, 15) is 0 Å². The fourth-order valence-corrected chi connectivity index (χ4v) is 1.16. The molecule has 64 valence electrons. The monoisotopic (exact) mass is 162 g/mol. The lowest BCUT2D eigenvalue weighted by atomic mass is 10.1. The van der Waals surface area contributed by atoms with E-state index in [0.29, 0.717) is 5.84 Å². The van der Waals surface area contributed by atoms with Crippen LogP contribution in [0.1, 0.15) is 25.0 Å². The first-order valence-electron chi connectivity index (χ1n) is 4.26. The number of fused-ring (bicyclic) bond motifs is 1. The second-order valence-electron chi connectivity index (χ2n) is 2.36. The van der Waals surface area contributed by atoms with Crippen LogP contribution < -0.4 is 5.73 Å². The SMILES string of the molecule is CC.NC1=NCc2ccccc21. The topological polar surface area (TPSA) is 38.4 Å². The summed E-state index contributed by atoms with van der Waals surface area (Å²) in [5.74, 6) is 0.676. The van der Waals surface area contributed by atoms with E-state index in [1.165, 1.54) is 5.56 Å². The number of nitrogens with two attached hydrogens (primary N) is 1. The third-order valence-corrected chi connectivity index (χ3v) is 1.71. The van der Waals surface area contributed by atoms with E-state index >= 15 is 0 Å². The number of nitrogens with zero attached hydrogens (tertiary/aromatic N) is 1. The van der Waals surface area contributed by atoms with Gasteiger partial charge in [0.1, 0.15) is 5.84 Å². The Labute approximate surface area is 73.1 Å². The fourth-order valence-electron chi connectivity index (χ4n) is 1.16. The molecule has 2 heteroatoms. The normalized spacial score (nSPS) is 12.7. The van der Waals surface area contributed by atoms with Gasteiger partial charge < -0.3 is 5.73 Å². The summed E-state index contributed by atoms with van der Waals surface area (Å²) in [5.41, 5.74) is 7.93. The summed E-state index contributed by atoms with van der Waals surface area (Å²) in [6, 6.07) is 8.04. The molecule has 0 amide bonds. The Morgan fingerprint density at radius 1 is 1.25 bits per heavy atom. The number of amidine groups is 1. The van der Waals surface area contributed by atoms with E-state index in [0.717, 1.165) is 12.1 Å². The van der Waals surface area contributed by atoms with E-state index in [1.807, 2.05) is 32.0 Å². The van der Waals surface area contributed by atoms with Crippen molar-refractivity contribution in [1.82, 2.24) is 0 Å². The minimum absolute atomic E-state index is 0.676. The minimum Gasteiger partial charge on any atom is -0.383 e. The Morgan fingerprint density at radius 2 is 1.92 bits per heavy atom. The third-order valence-electron chi connectivity index (χ3n) is 1.71. The molecule has 0 fully saturated rings. The highest BCUT2D eigenvalue weighted by molar-refractivity contribution is 6.00. The first-order chi connectivity index (χ1) is 5.88. The summed E-state index contributed by atoms with van der Waals surface area (Å²) in [6.45, 7) is 4.75. The molecule has 12 heavy (non-hydrogen) atoms. The summed E-state index contributed by atoms with van der Waals surface area (Å²) in [6.07, 6.45) is 0. The van der Waals surface area contributed by atoms with Crippen molar-refractivity contribution in [3.05, 3.63) is 35.4 Å². The molecule has 0 radical (unpaired) electrons. The molecule has 1 aliphatic heterocycles. The number of benzene rings is 1. The molecule has 1 aliphatic rings. The first-order valence-corrected chi connectivity index (χ1v) is 4.26. The standard InChI is InChI=1S/C8H8N2.C2H6/c9-8-7-4-2-1-3-6(7)5-10-8;1-2/h1-4H,5H2,(H2,9,10);1-2H3. The molecule has 2 N–H and O–H groups in total. The second kappa shape index (κ2) is 3.90. The van der Waals surface area contributed by atoms with Crippen LogP contribution >= 0.6 is 0 Å². The molecule has 0 saturated carbocycles. The summed E-state index contributed by atoms with van der Waals surface area (Å²) < 4.78 is 0. The Morgan fingerprint density at radius 3 is 2.58 bits per heavy atom. The maximum atomic E-state index is 5.60. The second-order valence-corrected chi connectivity index (χ2v) is 2.36. The van der Waals surface area contributed by atoms with Gasteiger partial charge >= 0.3 is 0 Å². The highest BCUT2D eigenvalue weighted by Gasteiger charge is 2.09. The summed E-state index contributed by atoms with van der Waals surface area (Å²) in [7, 11) is 0. The van der Waals surface area contributed by atoms with Crippen molar-refractivity contribution in [3.63, 3.8) is 0 Å². The molecule has 0 bridgehead atoms. The van der Waals surface area contributed by atoms with Crippen LogP contribution in [0.4, 0.5) is 0 Å². The van der Waals surface area contributed by atoms with Gasteiger partial charge in [-0.3, -0.25) is 4.99 Å². The highest BCUT2D eigenvalue weighted by atomic mass is 14.9. The predicted octanol–water partition coefficient (Wildman–Crippen LogP) is 1.93. The molecule has 1 aromatic carbocycles. The molecule has 2 nitrogen and oxygen atoms in total. The van der Waals surface area contributed by atoms with Crippen molar-refractivity contribution >= 4 is 5.84 Å². The zero-order valence-electron chi connectivity index (χ0n) is 7.54. The smallest absolute Gasteiger partial charge is 0.126 e. The molecule has 0 spiro atoms. The first kappa shape index (κ1) is 8.78. The average Bonchev–Trinajstić information content (AvgIpc) is 2.53. The predicted molar refractivity (Wildman–Crippen MR) is 52.2 cm³/mol. The van der Waals surface area contributed by atoms with Crippen LogP contribution in [0, 0.1) is 0 Å². The van der Waals surface area contributed by atoms with E-state index in [1.54, 1.807) is 0 Å². The van der Waals surface area contributed by atoms with Crippen molar-refractivity contribution in [2.75, 3.05) is 0 Å². The molecule has 0 atom stereocenters. The molecule has 1 aromatic rings. The van der Waals surface area contributed by atoms with E-state index < -0.39 is 0 Å². The highest BCUT2D eigenvalue weighted by Crippen LogP contribution is 2.15. The van der Waals surface area contributed by atoms with Gasteiger partial charge in [0.05, 0.1) is 6.54 Å². The molecule has 0 aliphatic carbocycles. The molecule has 2 rings (SSSR count). The van der Waals surface area contributed by atoms with Crippen molar-refractivity contribution in [2.45, 2.75) is 20.4 Å². The van der Waals surface area contributed by atoms with E-state index in [-0.39, 0.29) is 0 Å². The molecular formula is C10H14N2. The summed E-state index contributed by atoms with van der Waals surface area (Å²) in [4.78, 5) is 4.10. The van der Waals surface area contributed by atoms with Gasteiger partial charge in [-0.05, 0) is 5.56 Å². The zero-order valence-corrected chi connectivity index (χ0v) is 7.54. The van der Waals surface area contributed by atoms with E-state index in [4.69, 9.17) is 5.73 Å². The van der Waals surface area contributed by atoms with Gasteiger partial charge in [0.15, 0.2) is 0 Å². The van der Waals surface area contributed by atoms with Crippen LogP contribution in [0.3, 0.4) is 0 Å². The third kappa shape index (κ3) is 1.47. The Balaban J connectivity index is 0.000000336. The van der Waals surface area contributed by atoms with Crippen LogP contribution in [-0.2, 0) is 6.54 Å². The van der Waals surface area contributed by atoms with Crippen LogP contribution in [-0.4, -0.2) is 5.84 Å². The van der Waals surface area contributed by atoms with Crippen molar-refractivity contribution < 1.29 is 0 Å². The lowest BCUT2D eigenvalue weighted by Gasteiger charge is -1.94. The van der Waals surface area contributed by atoms with Gasteiger partial charge in [-0.1, -0.05) is 38.1 Å². The van der Waals surface area contributed by atoms with Gasteiger partial charge in [0, 0.05) is 5.56 Å². The zero-order chi connectivity index (χ0) is 8.97. The van der Waals surface area contributed by atoms with Crippen molar-refractivity contribution in [1.29, 1.82) is 0 Å². The fraction of sp³-hybridized carbons (Fsp3) is 0.300. The number of aliphatic imine (C=N–C) groups is 1. The van der Waals surface area contributed by atoms with Crippen molar-refractivity contribution in [3.8, 4) is 0 Å². The minimum atomic E-state index is 0.676. The maximum absolute atomic E-state index is 5.60. The number of rotatable bonds is 0. The van der Waals surface area contributed by atoms with Gasteiger partial charge in [0.25, 0.3) is 0 Å². The Hall–Kier alpha value is -1.31. The van der Waals surface area contributed by atoms with Crippen LogP contribution in [0.5, 0.6) is 0 Å². The number of hydrogen-bond acceptors (Lipinski definition) is 2. The quantitative estimate of drug-likeness (QED) is 0.622. The lowest BCUT2D eigenvalue weighted by molar-refractivity contribution is 1.11. The number of hydrogen-bond donors (Lipinski definition) is 1. The molecular weight excluding hydrogens is 148 g/mol. The summed E-state index contributed by atoms with van der Waals surface area (Å²) in [5, 5.41) is 0.